The minimum atomic E-state index is -0.107. The van der Waals surface area contributed by atoms with Crippen LogP contribution in [-0.4, -0.2) is 47.8 Å². The molecule has 1 amide bonds. The Labute approximate surface area is 195 Å². The maximum Gasteiger partial charge on any atom is 0.257 e. The van der Waals surface area contributed by atoms with E-state index >= 15 is 0 Å². The Bertz CT molecular complexity index is 1170. The third-order valence-electron chi connectivity index (χ3n) is 7.03. The molecule has 0 radical (unpaired) electrons. The van der Waals surface area contributed by atoms with Crippen molar-refractivity contribution in [1.82, 2.24) is 9.91 Å². The molecule has 170 valence electrons. The molecule has 0 bridgehead atoms. The number of carbonyl (C=O) groups excluding carboxylic acids is 1. The van der Waals surface area contributed by atoms with Crippen LogP contribution in [-0.2, 0) is 4.79 Å². The molecule has 3 aromatic rings. The molecule has 0 aromatic heterocycles. The number of piperidine rings is 1. The molecular weight excluding hydrogens is 410 g/mol. The highest BCUT2D eigenvalue weighted by Crippen LogP contribution is 2.34. The average Bonchev–Trinajstić information content (AvgIpc) is 3.31. The van der Waals surface area contributed by atoms with E-state index in [2.05, 4.69) is 54.3 Å². The molecular formula is C28H31N3O2. The smallest absolute Gasteiger partial charge is 0.257 e. The topological polar surface area (TPSA) is 45.1 Å². The number of benzene rings is 3. The van der Waals surface area contributed by atoms with Crippen molar-refractivity contribution in [3.05, 3.63) is 77.9 Å². The van der Waals surface area contributed by atoms with Crippen LogP contribution in [0.4, 0.5) is 0 Å². The summed E-state index contributed by atoms with van der Waals surface area (Å²) in [4.78, 5) is 15.8. The van der Waals surface area contributed by atoms with E-state index in [9.17, 15) is 4.79 Å². The van der Waals surface area contributed by atoms with Gasteiger partial charge < -0.3 is 4.74 Å². The second kappa shape index (κ2) is 9.36. The van der Waals surface area contributed by atoms with E-state index in [1.807, 2.05) is 24.3 Å². The van der Waals surface area contributed by atoms with Crippen molar-refractivity contribution in [3.8, 4) is 5.75 Å². The van der Waals surface area contributed by atoms with Gasteiger partial charge in [0.25, 0.3) is 5.91 Å². The second-order valence-electron chi connectivity index (χ2n) is 9.16. The lowest BCUT2D eigenvalue weighted by Crippen LogP contribution is -2.44. The summed E-state index contributed by atoms with van der Waals surface area (Å²) in [7, 11) is 1.67. The number of rotatable bonds is 5. The van der Waals surface area contributed by atoms with Gasteiger partial charge in [0.15, 0.2) is 0 Å². The van der Waals surface area contributed by atoms with Crippen molar-refractivity contribution in [2.75, 3.05) is 20.2 Å². The molecule has 3 aromatic carbocycles. The monoisotopic (exact) mass is 441 g/mol. The summed E-state index contributed by atoms with van der Waals surface area (Å²) in [5.74, 6) is 0.882. The number of methoxy groups -OCH3 is 1. The van der Waals surface area contributed by atoms with Crippen molar-refractivity contribution in [1.29, 1.82) is 0 Å². The Morgan fingerprint density at radius 3 is 2.58 bits per heavy atom. The van der Waals surface area contributed by atoms with Crippen LogP contribution in [0.25, 0.3) is 10.8 Å². The van der Waals surface area contributed by atoms with Crippen LogP contribution in [0, 0.1) is 0 Å². The predicted molar refractivity (Wildman–Crippen MR) is 133 cm³/mol. The average molecular weight is 442 g/mol. The minimum Gasteiger partial charge on any atom is -0.497 e. The lowest BCUT2D eigenvalue weighted by molar-refractivity contribution is -0.135. The Morgan fingerprint density at radius 2 is 1.82 bits per heavy atom. The van der Waals surface area contributed by atoms with E-state index in [4.69, 9.17) is 9.84 Å². The summed E-state index contributed by atoms with van der Waals surface area (Å²) in [6.45, 7) is 3.62. The molecule has 5 heteroatoms. The number of ether oxygens (including phenoxy) is 1. The first-order valence-electron chi connectivity index (χ1n) is 11.9. The van der Waals surface area contributed by atoms with Crippen LogP contribution in [0.15, 0.2) is 71.8 Å². The van der Waals surface area contributed by atoms with Gasteiger partial charge in [-0.15, -0.1) is 0 Å². The molecule has 0 saturated carbocycles. The molecule has 0 unspecified atom stereocenters. The predicted octanol–water partition coefficient (Wildman–Crippen LogP) is 5.40. The minimum absolute atomic E-state index is 0.0698. The molecule has 0 spiro atoms. The van der Waals surface area contributed by atoms with E-state index < -0.39 is 0 Å². The molecule has 5 rings (SSSR count). The van der Waals surface area contributed by atoms with Crippen LogP contribution in [0.5, 0.6) is 5.75 Å². The van der Waals surface area contributed by atoms with Crippen LogP contribution < -0.4 is 4.74 Å². The Kier molecular flexibility index (Phi) is 6.14. The molecule has 2 atom stereocenters. The summed E-state index contributed by atoms with van der Waals surface area (Å²) in [5, 5.41) is 9.02. The van der Waals surface area contributed by atoms with E-state index in [-0.39, 0.29) is 11.9 Å². The van der Waals surface area contributed by atoms with Crippen LogP contribution in [0.1, 0.15) is 49.8 Å². The molecule has 1 fully saturated rings. The van der Waals surface area contributed by atoms with Gasteiger partial charge in [-0.1, -0.05) is 55.0 Å². The van der Waals surface area contributed by atoms with Crippen molar-refractivity contribution >= 4 is 22.4 Å². The number of fused-ring (bicyclic) bond motifs is 1. The van der Waals surface area contributed by atoms with Crippen molar-refractivity contribution in [2.24, 2.45) is 5.10 Å². The summed E-state index contributed by atoms with van der Waals surface area (Å²) in [5.41, 5.74) is 3.12. The fourth-order valence-electron chi connectivity index (χ4n) is 5.01. The van der Waals surface area contributed by atoms with Gasteiger partial charge in [-0.25, -0.2) is 5.01 Å². The second-order valence-corrected chi connectivity index (χ2v) is 9.16. The summed E-state index contributed by atoms with van der Waals surface area (Å²) in [6.07, 6.45) is 4.26. The highest BCUT2D eigenvalue weighted by molar-refractivity contribution is 6.05. The fraction of sp³-hybridized carbons (Fsp3) is 0.357. The standard InChI is InChI=1S/C28H31N3O2/c1-20-7-5-6-16-30(20)19-28(32)31-27(22-12-14-25(33-2)15-13-22)18-26(29-31)24-11-10-21-8-3-4-9-23(21)17-24/h3-4,8-15,17,20,27H,5-7,16,18-19H2,1-2H3/t20-,27+/m1/s1. The Morgan fingerprint density at radius 1 is 1.03 bits per heavy atom. The molecule has 1 saturated heterocycles. The highest BCUT2D eigenvalue weighted by Gasteiger charge is 2.34. The largest absolute Gasteiger partial charge is 0.497 e. The summed E-state index contributed by atoms with van der Waals surface area (Å²) in [6, 6.07) is 23.1. The molecule has 5 nitrogen and oxygen atoms in total. The first-order chi connectivity index (χ1) is 16.1. The highest BCUT2D eigenvalue weighted by atomic mass is 16.5. The van der Waals surface area contributed by atoms with Gasteiger partial charge in [0.1, 0.15) is 5.75 Å². The lowest BCUT2D eigenvalue weighted by atomic mass is 9.97. The van der Waals surface area contributed by atoms with Crippen molar-refractivity contribution in [3.63, 3.8) is 0 Å². The number of hydrazone groups is 1. The zero-order valence-electron chi connectivity index (χ0n) is 19.4. The number of amides is 1. The Balaban J connectivity index is 1.45. The normalized spacial score (nSPS) is 21.3. The maximum absolute atomic E-state index is 13.5. The van der Waals surface area contributed by atoms with Gasteiger partial charge in [0, 0.05) is 12.5 Å². The molecule has 0 aliphatic carbocycles. The third-order valence-corrected chi connectivity index (χ3v) is 7.03. The molecule has 33 heavy (non-hydrogen) atoms. The van der Waals surface area contributed by atoms with Gasteiger partial charge in [0.05, 0.1) is 25.4 Å². The van der Waals surface area contributed by atoms with Crippen LogP contribution in [0.2, 0.25) is 0 Å². The first kappa shape index (κ1) is 21.7. The maximum atomic E-state index is 13.5. The SMILES string of the molecule is COc1ccc([C@@H]2CC(c3ccc4ccccc4c3)=NN2C(=O)CN2CCCC[C@H]2C)cc1. The zero-order chi connectivity index (χ0) is 22.8. The Hall–Kier alpha value is -3.18. The van der Waals surface area contributed by atoms with Crippen molar-refractivity contribution in [2.45, 2.75) is 44.7 Å². The van der Waals surface area contributed by atoms with Gasteiger partial charge in [-0.2, -0.15) is 5.10 Å². The molecule has 2 aliphatic rings. The van der Waals surface area contributed by atoms with Crippen LogP contribution >= 0.6 is 0 Å². The first-order valence-corrected chi connectivity index (χ1v) is 11.9. The van der Waals surface area contributed by atoms with E-state index in [0.29, 0.717) is 19.0 Å². The zero-order valence-corrected chi connectivity index (χ0v) is 19.4. The van der Waals surface area contributed by atoms with Gasteiger partial charge in [-0.3, -0.25) is 9.69 Å². The number of hydrogen-bond donors (Lipinski definition) is 0. The van der Waals surface area contributed by atoms with Crippen molar-refractivity contribution < 1.29 is 9.53 Å². The van der Waals surface area contributed by atoms with E-state index in [1.165, 1.54) is 17.2 Å². The fourth-order valence-corrected chi connectivity index (χ4v) is 5.01. The number of carbonyl (C=O) groups is 1. The lowest BCUT2D eigenvalue weighted by Gasteiger charge is -2.34. The molecule has 2 heterocycles. The number of nitrogens with zero attached hydrogens (tertiary/aromatic N) is 3. The number of likely N-dealkylation sites (tertiary alicyclic amines) is 1. The van der Waals surface area contributed by atoms with Gasteiger partial charge in [0.2, 0.25) is 0 Å². The van der Waals surface area contributed by atoms with E-state index in [0.717, 1.165) is 42.0 Å². The number of hydrogen-bond acceptors (Lipinski definition) is 4. The van der Waals surface area contributed by atoms with Gasteiger partial charge >= 0.3 is 0 Å². The van der Waals surface area contributed by atoms with Crippen LogP contribution in [0.3, 0.4) is 0 Å². The quantitative estimate of drug-likeness (QED) is 0.532. The van der Waals surface area contributed by atoms with E-state index in [1.54, 1.807) is 12.1 Å². The summed E-state index contributed by atoms with van der Waals surface area (Å²) < 4.78 is 5.33. The summed E-state index contributed by atoms with van der Waals surface area (Å²) >= 11 is 0. The molecule has 0 N–H and O–H groups in total. The van der Waals surface area contributed by atoms with Gasteiger partial charge in [-0.05, 0) is 66.4 Å². The molecule has 2 aliphatic heterocycles. The third kappa shape index (κ3) is 4.51.